The first-order chi connectivity index (χ1) is 9.17. The molecular weight excluding hydrogens is 369 g/mol. The molecule has 0 aromatic heterocycles. The molecule has 0 fully saturated rings. The predicted molar refractivity (Wildman–Crippen MR) is 90.9 cm³/mol. The van der Waals surface area contributed by atoms with Gasteiger partial charge in [-0.1, -0.05) is 35.9 Å². The van der Waals surface area contributed by atoms with Gasteiger partial charge in [0, 0.05) is 14.6 Å². The molecular formula is C16H17ClIN. The van der Waals surface area contributed by atoms with Gasteiger partial charge in [-0.15, -0.1) is 0 Å². The Morgan fingerprint density at radius 2 is 1.74 bits per heavy atom. The summed E-state index contributed by atoms with van der Waals surface area (Å²) < 4.78 is 1.28. The molecule has 2 aromatic rings. The number of hydrogen-bond acceptors (Lipinski definition) is 1. The van der Waals surface area contributed by atoms with Gasteiger partial charge in [0.15, 0.2) is 0 Å². The van der Waals surface area contributed by atoms with Gasteiger partial charge >= 0.3 is 0 Å². The van der Waals surface area contributed by atoms with Crippen molar-refractivity contribution in [1.29, 1.82) is 0 Å². The molecule has 1 N–H and O–H groups in total. The second-order valence-corrected chi connectivity index (χ2v) is 6.33. The first-order valence-corrected chi connectivity index (χ1v) is 7.79. The summed E-state index contributed by atoms with van der Waals surface area (Å²) in [6.07, 6.45) is 2.02. The van der Waals surface area contributed by atoms with Crippen LogP contribution in [0.15, 0.2) is 48.5 Å². The van der Waals surface area contributed by atoms with Gasteiger partial charge in [0.1, 0.15) is 0 Å². The highest BCUT2D eigenvalue weighted by Crippen LogP contribution is 2.15. The van der Waals surface area contributed by atoms with E-state index in [-0.39, 0.29) is 0 Å². The van der Waals surface area contributed by atoms with E-state index in [4.69, 9.17) is 11.6 Å². The standard InChI is InChI=1S/C16H17ClIN/c1-19-16(10-12-5-7-15(18)8-6-12)11-13-3-2-4-14(17)9-13/h2-9,16,19H,10-11H2,1H3. The van der Waals surface area contributed by atoms with Gasteiger partial charge in [0.2, 0.25) is 0 Å². The smallest absolute Gasteiger partial charge is 0.0408 e. The maximum atomic E-state index is 6.03. The molecule has 0 aliphatic heterocycles. The molecule has 0 saturated heterocycles. The van der Waals surface area contributed by atoms with Crippen LogP contribution in [-0.4, -0.2) is 13.1 Å². The summed E-state index contributed by atoms with van der Waals surface area (Å²) in [5.41, 5.74) is 2.64. The number of rotatable bonds is 5. The lowest BCUT2D eigenvalue weighted by Gasteiger charge is -2.16. The summed E-state index contributed by atoms with van der Waals surface area (Å²) >= 11 is 8.36. The molecule has 0 aliphatic rings. The molecule has 2 aromatic carbocycles. The van der Waals surface area contributed by atoms with Crippen LogP contribution in [0.2, 0.25) is 5.02 Å². The Morgan fingerprint density at radius 3 is 2.37 bits per heavy atom. The Morgan fingerprint density at radius 1 is 1.05 bits per heavy atom. The number of nitrogens with one attached hydrogen (secondary N) is 1. The second-order valence-electron chi connectivity index (χ2n) is 4.65. The van der Waals surface area contributed by atoms with Crippen LogP contribution in [0.4, 0.5) is 0 Å². The number of hydrogen-bond donors (Lipinski definition) is 1. The lowest BCUT2D eigenvalue weighted by Crippen LogP contribution is -2.29. The number of halogens is 2. The van der Waals surface area contributed by atoms with Crippen molar-refractivity contribution in [3.05, 3.63) is 68.3 Å². The number of benzene rings is 2. The van der Waals surface area contributed by atoms with E-state index >= 15 is 0 Å². The molecule has 2 rings (SSSR count). The fourth-order valence-electron chi connectivity index (χ4n) is 2.13. The van der Waals surface area contributed by atoms with Crippen LogP contribution in [0, 0.1) is 3.57 Å². The Bertz CT molecular complexity index is 525. The minimum atomic E-state index is 0.429. The van der Waals surface area contributed by atoms with E-state index in [0.29, 0.717) is 6.04 Å². The Balaban J connectivity index is 2.02. The first kappa shape index (κ1) is 14.8. The zero-order valence-corrected chi connectivity index (χ0v) is 13.8. The SMILES string of the molecule is CNC(Cc1ccc(I)cc1)Cc1cccc(Cl)c1. The van der Waals surface area contributed by atoms with Gasteiger partial charge in [0.05, 0.1) is 0 Å². The summed E-state index contributed by atoms with van der Waals surface area (Å²) in [7, 11) is 2.02. The molecule has 0 spiro atoms. The van der Waals surface area contributed by atoms with Gasteiger partial charge in [-0.3, -0.25) is 0 Å². The topological polar surface area (TPSA) is 12.0 Å². The van der Waals surface area contributed by atoms with E-state index in [0.717, 1.165) is 17.9 Å². The largest absolute Gasteiger partial charge is 0.316 e. The highest BCUT2D eigenvalue weighted by molar-refractivity contribution is 14.1. The van der Waals surface area contributed by atoms with E-state index in [1.165, 1.54) is 14.7 Å². The zero-order chi connectivity index (χ0) is 13.7. The highest BCUT2D eigenvalue weighted by atomic mass is 127. The normalized spacial score (nSPS) is 12.4. The fourth-order valence-corrected chi connectivity index (χ4v) is 2.70. The molecule has 0 heterocycles. The van der Waals surface area contributed by atoms with Gasteiger partial charge < -0.3 is 5.32 Å². The van der Waals surface area contributed by atoms with Gasteiger partial charge in [-0.05, 0) is 77.9 Å². The van der Waals surface area contributed by atoms with Crippen LogP contribution in [0.3, 0.4) is 0 Å². The Labute approximate surface area is 133 Å². The zero-order valence-electron chi connectivity index (χ0n) is 10.9. The summed E-state index contributed by atoms with van der Waals surface area (Å²) in [5.74, 6) is 0. The van der Waals surface area contributed by atoms with Crippen molar-refractivity contribution in [3.63, 3.8) is 0 Å². The molecule has 0 amide bonds. The van der Waals surface area contributed by atoms with E-state index in [2.05, 4.69) is 58.2 Å². The predicted octanol–water partition coefficient (Wildman–Crippen LogP) is 4.32. The van der Waals surface area contributed by atoms with Crippen LogP contribution < -0.4 is 5.32 Å². The Kier molecular flexibility index (Phi) is 5.67. The molecule has 1 nitrogen and oxygen atoms in total. The minimum Gasteiger partial charge on any atom is -0.316 e. The lowest BCUT2D eigenvalue weighted by atomic mass is 9.99. The molecule has 1 unspecified atom stereocenters. The van der Waals surface area contributed by atoms with Gasteiger partial charge in [-0.25, -0.2) is 0 Å². The van der Waals surface area contributed by atoms with Crippen LogP contribution in [0.1, 0.15) is 11.1 Å². The summed E-state index contributed by atoms with van der Waals surface area (Å²) in [6, 6.07) is 17.2. The Hall–Kier alpha value is -0.580. The molecule has 3 heteroatoms. The minimum absolute atomic E-state index is 0.429. The quantitative estimate of drug-likeness (QED) is 0.756. The fraction of sp³-hybridized carbons (Fsp3) is 0.250. The molecule has 19 heavy (non-hydrogen) atoms. The third-order valence-corrected chi connectivity index (χ3v) is 4.13. The van der Waals surface area contributed by atoms with Crippen molar-refractivity contribution in [3.8, 4) is 0 Å². The second kappa shape index (κ2) is 7.27. The third-order valence-electron chi connectivity index (χ3n) is 3.17. The first-order valence-electron chi connectivity index (χ1n) is 6.33. The molecule has 0 aliphatic carbocycles. The van der Waals surface area contributed by atoms with Crippen molar-refractivity contribution in [2.75, 3.05) is 7.05 Å². The molecule has 100 valence electrons. The van der Waals surface area contributed by atoms with Gasteiger partial charge in [-0.2, -0.15) is 0 Å². The van der Waals surface area contributed by atoms with Crippen LogP contribution in [0.5, 0.6) is 0 Å². The average molecular weight is 386 g/mol. The summed E-state index contributed by atoms with van der Waals surface area (Å²) in [5, 5.41) is 4.20. The monoisotopic (exact) mass is 385 g/mol. The van der Waals surface area contributed by atoms with E-state index < -0.39 is 0 Å². The van der Waals surface area contributed by atoms with Crippen molar-refractivity contribution in [2.24, 2.45) is 0 Å². The van der Waals surface area contributed by atoms with Crippen molar-refractivity contribution in [1.82, 2.24) is 5.32 Å². The molecule has 0 saturated carbocycles. The maximum absolute atomic E-state index is 6.03. The maximum Gasteiger partial charge on any atom is 0.0408 e. The van der Waals surface area contributed by atoms with Crippen molar-refractivity contribution >= 4 is 34.2 Å². The molecule has 0 bridgehead atoms. The van der Waals surface area contributed by atoms with Crippen LogP contribution >= 0.6 is 34.2 Å². The van der Waals surface area contributed by atoms with E-state index in [9.17, 15) is 0 Å². The van der Waals surface area contributed by atoms with Crippen LogP contribution in [0.25, 0.3) is 0 Å². The van der Waals surface area contributed by atoms with E-state index in [1.807, 2.05) is 25.2 Å². The van der Waals surface area contributed by atoms with Crippen molar-refractivity contribution in [2.45, 2.75) is 18.9 Å². The van der Waals surface area contributed by atoms with Crippen molar-refractivity contribution < 1.29 is 0 Å². The molecule has 1 atom stereocenters. The number of likely N-dealkylation sites (N-methyl/N-ethyl adjacent to an activating group) is 1. The van der Waals surface area contributed by atoms with Crippen LogP contribution in [-0.2, 0) is 12.8 Å². The van der Waals surface area contributed by atoms with Gasteiger partial charge in [0.25, 0.3) is 0 Å². The third kappa shape index (κ3) is 4.79. The van der Waals surface area contributed by atoms with E-state index in [1.54, 1.807) is 0 Å². The highest BCUT2D eigenvalue weighted by Gasteiger charge is 2.08. The average Bonchev–Trinajstić information content (AvgIpc) is 2.40. The summed E-state index contributed by atoms with van der Waals surface area (Å²) in [4.78, 5) is 0. The molecule has 0 radical (unpaired) electrons. The summed E-state index contributed by atoms with van der Waals surface area (Å²) in [6.45, 7) is 0. The lowest BCUT2D eigenvalue weighted by molar-refractivity contribution is 0.556.